The predicted molar refractivity (Wildman–Crippen MR) is 77.2 cm³/mol. The number of benzene rings is 1. The lowest BCUT2D eigenvalue weighted by Gasteiger charge is -2.14. The molecule has 0 aromatic heterocycles. The van der Waals surface area contributed by atoms with Crippen LogP contribution in [0.3, 0.4) is 0 Å². The van der Waals surface area contributed by atoms with Gasteiger partial charge in [-0.1, -0.05) is 0 Å². The van der Waals surface area contributed by atoms with E-state index in [9.17, 15) is 9.59 Å². The van der Waals surface area contributed by atoms with Crippen LogP contribution in [0.2, 0.25) is 0 Å². The third-order valence-corrected chi connectivity index (χ3v) is 3.02. The summed E-state index contributed by atoms with van der Waals surface area (Å²) < 4.78 is 10.4. The third-order valence-electron chi connectivity index (χ3n) is 3.02. The number of rotatable bonds is 9. The van der Waals surface area contributed by atoms with Crippen LogP contribution in [-0.4, -0.2) is 31.9 Å². The Morgan fingerprint density at radius 1 is 1.15 bits per heavy atom. The Kier molecular flexibility index (Phi) is 6.94. The first kappa shape index (κ1) is 16.4. The number of hydrogen-bond acceptors (Lipinski definition) is 4. The SMILES string of the molecule is CCOCC(CC(C)=O)CC(=O)c1ccc(OC)cc1. The average molecular weight is 278 g/mol. The molecule has 1 aromatic rings. The van der Waals surface area contributed by atoms with Crippen LogP contribution in [0.15, 0.2) is 24.3 Å². The molecule has 110 valence electrons. The summed E-state index contributed by atoms with van der Waals surface area (Å²) in [5.41, 5.74) is 0.635. The van der Waals surface area contributed by atoms with E-state index in [4.69, 9.17) is 9.47 Å². The normalized spacial score (nSPS) is 11.9. The Morgan fingerprint density at radius 2 is 1.80 bits per heavy atom. The highest BCUT2D eigenvalue weighted by Gasteiger charge is 2.17. The van der Waals surface area contributed by atoms with E-state index in [-0.39, 0.29) is 17.5 Å². The first-order chi connectivity index (χ1) is 9.56. The van der Waals surface area contributed by atoms with Crippen LogP contribution in [-0.2, 0) is 9.53 Å². The van der Waals surface area contributed by atoms with Crippen LogP contribution < -0.4 is 4.74 Å². The van der Waals surface area contributed by atoms with Crippen molar-refractivity contribution in [1.29, 1.82) is 0 Å². The van der Waals surface area contributed by atoms with Gasteiger partial charge >= 0.3 is 0 Å². The lowest BCUT2D eigenvalue weighted by atomic mass is 9.94. The molecule has 20 heavy (non-hydrogen) atoms. The average Bonchev–Trinajstić information content (AvgIpc) is 2.44. The molecule has 1 aromatic carbocycles. The fourth-order valence-electron chi connectivity index (χ4n) is 2.04. The molecule has 0 saturated carbocycles. The highest BCUT2D eigenvalue weighted by Crippen LogP contribution is 2.17. The minimum absolute atomic E-state index is 0.0265. The second-order valence-electron chi connectivity index (χ2n) is 4.79. The Hall–Kier alpha value is -1.68. The van der Waals surface area contributed by atoms with Gasteiger partial charge in [-0.15, -0.1) is 0 Å². The van der Waals surface area contributed by atoms with Crippen molar-refractivity contribution in [2.45, 2.75) is 26.7 Å². The molecule has 0 spiro atoms. The second kappa shape index (κ2) is 8.48. The van der Waals surface area contributed by atoms with Gasteiger partial charge in [-0.2, -0.15) is 0 Å². The van der Waals surface area contributed by atoms with Crippen molar-refractivity contribution in [3.8, 4) is 5.75 Å². The number of ketones is 2. The molecule has 1 unspecified atom stereocenters. The van der Waals surface area contributed by atoms with E-state index < -0.39 is 0 Å². The molecule has 4 heteroatoms. The minimum atomic E-state index is -0.0537. The molecule has 1 atom stereocenters. The fourth-order valence-corrected chi connectivity index (χ4v) is 2.04. The molecule has 0 N–H and O–H groups in total. The highest BCUT2D eigenvalue weighted by atomic mass is 16.5. The van der Waals surface area contributed by atoms with Gasteiger partial charge in [-0.25, -0.2) is 0 Å². The van der Waals surface area contributed by atoms with E-state index in [1.165, 1.54) is 6.92 Å². The fraction of sp³-hybridized carbons (Fsp3) is 0.500. The highest BCUT2D eigenvalue weighted by molar-refractivity contribution is 5.96. The quantitative estimate of drug-likeness (QED) is 0.652. The van der Waals surface area contributed by atoms with Gasteiger partial charge in [0.1, 0.15) is 11.5 Å². The number of methoxy groups -OCH3 is 1. The summed E-state index contributed by atoms with van der Waals surface area (Å²) >= 11 is 0. The van der Waals surface area contributed by atoms with Crippen molar-refractivity contribution in [3.05, 3.63) is 29.8 Å². The van der Waals surface area contributed by atoms with Crippen molar-refractivity contribution in [3.63, 3.8) is 0 Å². The molecule has 0 aliphatic rings. The van der Waals surface area contributed by atoms with E-state index in [2.05, 4.69) is 0 Å². The van der Waals surface area contributed by atoms with Gasteiger partial charge < -0.3 is 14.3 Å². The summed E-state index contributed by atoms with van der Waals surface area (Å²) in [4.78, 5) is 23.4. The van der Waals surface area contributed by atoms with E-state index in [1.54, 1.807) is 31.4 Å². The van der Waals surface area contributed by atoms with E-state index in [0.717, 1.165) is 5.75 Å². The van der Waals surface area contributed by atoms with Crippen LogP contribution >= 0.6 is 0 Å². The lowest BCUT2D eigenvalue weighted by Crippen LogP contribution is -2.17. The molecule has 0 saturated heterocycles. The van der Waals surface area contributed by atoms with Gasteiger partial charge in [0.25, 0.3) is 0 Å². The first-order valence-electron chi connectivity index (χ1n) is 6.81. The molecule has 0 heterocycles. The maximum Gasteiger partial charge on any atom is 0.163 e. The number of ether oxygens (including phenoxy) is 2. The van der Waals surface area contributed by atoms with Gasteiger partial charge in [0.2, 0.25) is 0 Å². The van der Waals surface area contributed by atoms with Gasteiger partial charge in [0.05, 0.1) is 13.7 Å². The third kappa shape index (κ3) is 5.53. The first-order valence-corrected chi connectivity index (χ1v) is 6.81. The maximum atomic E-state index is 12.2. The van der Waals surface area contributed by atoms with Crippen molar-refractivity contribution < 1.29 is 19.1 Å². The Bertz CT molecular complexity index is 436. The largest absolute Gasteiger partial charge is 0.497 e. The smallest absolute Gasteiger partial charge is 0.163 e. The zero-order valence-corrected chi connectivity index (χ0v) is 12.3. The van der Waals surface area contributed by atoms with Crippen molar-refractivity contribution in [1.82, 2.24) is 0 Å². The number of carbonyl (C=O) groups excluding carboxylic acids is 2. The van der Waals surface area contributed by atoms with Gasteiger partial charge in [0.15, 0.2) is 5.78 Å². The molecule has 0 aliphatic heterocycles. The van der Waals surface area contributed by atoms with Crippen LogP contribution in [0.1, 0.15) is 37.0 Å². The molecule has 0 fully saturated rings. The van der Waals surface area contributed by atoms with E-state index >= 15 is 0 Å². The van der Waals surface area contributed by atoms with Crippen LogP contribution in [0, 0.1) is 5.92 Å². The van der Waals surface area contributed by atoms with E-state index in [0.29, 0.717) is 31.6 Å². The standard InChI is InChI=1S/C16H22O4/c1-4-20-11-13(9-12(2)17)10-16(18)14-5-7-15(19-3)8-6-14/h5-8,13H,4,9-11H2,1-3H3. The number of carbonyl (C=O) groups is 2. The lowest BCUT2D eigenvalue weighted by molar-refractivity contribution is -0.118. The summed E-state index contributed by atoms with van der Waals surface area (Å²) in [6, 6.07) is 7.00. The summed E-state index contributed by atoms with van der Waals surface area (Å²) in [7, 11) is 1.59. The van der Waals surface area contributed by atoms with Crippen molar-refractivity contribution in [2.75, 3.05) is 20.3 Å². The summed E-state index contributed by atoms with van der Waals surface area (Å²) in [5, 5.41) is 0. The molecule has 0 amide bonds. The van der Waals surface area contributed by atoms with Gasteiger partial charge in [-0.3, -0.25) is 4.79 Å². The van der Waals surface area contributed by atoms with Gasteiger partial charge in [0, 0.05) is 25.0 Å². The second-order valence-corrected chi connectivity index (χ2v) is 4.79. The monoisotopic (exact) mass is 278 g/mol. The summed E-state index contributed by atoms with van der Waals surface area (Å²) in [6.45, 7) is 4.47. The number of Topliss-reactive ketones (excluding diaryl/α,β-unsaturated/α-hetero) is 2. The zero-order valence-electron chi connectivity index (χ0n) is 12.3. The predicted octanol–water partition coefficient (Wildman–Crippen LogP) is 2.90. The Labute approximate surface area is 120 Å². The van der Waals surface area contributed by atoms with Crippen LogP contribution in [0.4, 0.5) is 0 Å². The molecule has 0 aliphatic carbocycles. The zero-order chi connectivity index (χ0) is 15.0. The molecule has 1 rings (SSSR count). The number of hydrogen-bond donors (Lipinski definition) is 0. The minimum Gasteiger partial charge on any atom is -0.497 e. The van der Waals surface area contributed by atoms with Gasteiger partial charge in [-0.05, 0) is 44.0 Å². The molecule has 0 bridgehead atoms. The van der Waals surface area contributed by atoms with Crippen molar-refractivity contribution >= 4 is 11.6 Å². The molecule has 0 radical (unpaired) electrons. The van der Waals surface area contributed by atoms with Crippen LogP contribution in [0.25, 0.3) is 0 Å². The Morgan fingerprint density at radius 3 is 2.30 bits per heavy atom. The van der Waals surface area contributed by atoms with Crippen molar-refractivity contribution in [2.24, 2.45) is 5.92 Å². The van der Waals surface area contributed by atoms with E-state index in [1.807, 2.05) is 6.92 Å². The molecular formula is C16H22O4. The summed E-state index contributed by atoms with van der Waals surface area (Å²) in [5.74, 6) is 0.772. The topological polar surface area (TPSA) is 52.6 Å². The summed E-state index contributed by atoms with van der Waals surface area (Å²) in [6.07, 6.45) is 0.702. The maximum absolute atomic E-state index is 12.2. The Balaban J connectivity index is 2.65. The molecular weight excluding hydrogens is 256 g/mol. The van der Waals surface area contributed by atoms with Crippen LogP contribution in [0.5, 0.6) is 5.75 Å². The molecule has 4 nitrogen and oxygen atoms in total.